The van der Waals surface area contributed by atoms with Gasteiger partial charge in [0.05, 0.1) is 12.7 Å². The van der Waals surface area contributed by atoms with Crippen LogP contribution in [-0.4, -0.2) is 13.1 Å². The Balaban J connectivity index is 3.49. The van der Waals surface area contributed by atoms with Crippen molar-refractivity contribution >= 4 is 11.5 Å². The molecule has 0 amide bonds. The molecule has 0 unspecified atom stereocenters. The highest BCUT2D eigenvalue weighted by Crippen LogP contribution is 2.27. The predicted octanol–water partition coefficient (Wildman–Crippen LogP) is 3.83. The smallest absolute Gasteiger partial charge is 0.338 e. The van der Waals surface area contributed by atoms with Gasteiger partial charge in [-0.15, -0.1) is 0 Å². The number of benzene rings is 1. The molecule has 1 rings (SSSR count). The summed E-state index contributed by atoms with van der Waals surface area (Å²) in [6.07, 6.45) is 2.92. The lowest BCUT2D eigenvalue weighted by Crippen LogP contribution is -2.06. The van der Waals surface area contributed by atoms with Crippen molar-refractivity contribution in [2.24, 2.45) is 0 Å². The van der Waals surface area contributed by atoms with Crippen LogP contribution in [0.4, 0.5) is 4.39 Å². The van der Waals surface area contributed by atoms with E-state index in [1.165, 1.54) is 19.3 Å². The SMILES string of the molecule is C=C/C=C(\C(=C)F)c1cc(C)ccc1C(=O)OC. The van der Waals surface area contributed by atoms with E-state index in [2.05, 4.69) is 17.9 Å². The van der Waals surface area contributed by atoms with Crippen LogP contribution in [0.15, 0.2) is 49.3 Å². The largest absolute Gasteiger partial charge is 0.465 e. The molecule has 0 aliphatic carbocycles. The number of rotatable bonds is 4. The zero-order chi connectivity index (χ0) is 13.7. The standard InChI is InChI=1S/C15H15FO2/c1-5-6-12(11(3)16)14-9-10(2)7-8-13(14)15(17)18-4/h5-9H,1,3H2,2,4H3/b12-6+. The fourth-order valence-corrected chi connectivity index (χ4v) is 1.61. The predicted molar refractivity (Wildman–Crippen MR) is 70.9 cm³/mol. The quantitative estimate of drug-likeness (QED) is 0.596. The first-order valence-electron chi connectivity index (χ1n) is 5.38. The fourth-order valence-electron chi connectivity index (χ4n) is 1.61. The van der Waals surface area contributed by atoms with Crippen molar-refractivity contribution in [2.45, 2.75) is 6.92 Å². The van der Waals surface area contributed by atoms with E-state index < -0.39 is 11.8 Å². The van der Waals surface area contributed by atoms with Crippen molar-refractivity contribution in [3.8, 4) is 0 Å². The molecule has 0 bridgehead atoms. The van der Waals surface area contributed by atoms with E-state index >= 15 is 0 Å². The number of carbonyl (C=O) groups excluding carboxylic acids is 1. The van der Waals surface area contributed by atoms with Gasteiger partial charge in [0, 0.05) is 5.57 Å². The monoisotopic (exact) mass is 246 g/mol. The Bertz CT molecular complexity index is 527. The number of methoxy groups -OCH3 is 1. The number of carbonyl (C=O) groups is 1. The second-order valence-electron chi connectivity index (χ2n) is 3.76. The molecule has 0 fully saturated rings. The molecule has 1 aromatic carbocycles. The Kier molecular flexibility index (Phi) is 4.60. The number of halogens is 1. The normalized spacial score (nSPS) is 10.9. The third kappa shape index (κ3) is 2.94. The Morgan fingerprint density at radius 1 is 1.39 bits per heavy atom. The molecular formula is C15H15FO2. The van der Waals surface area contributed by atoms with Gasteiger partial charge in [-0.25, -0.2) is 9.18 Å². The summed E-state index contributed by atoms with van der Waals surface area (Å²) in [5.74, 6) is -1.13. The maximum absolute atomic E-state index is 13.5. The number of esters is 1. The van der Waals surface area contributed by atoms with Gasteiger partial charge in [0.15, 0.2) is 0 Å². The minimum atomic E-state index is -0.620. The summed E-state index contributed by atoms with van der Waals surface area (Å²) in [4.78, 5) is 11.6. The molecule has 94 valence electrons. The van der Waals surface area contributed by atoms with Crippen LogP contribution in [0, 0.1) is 6.92 Å². The molecule has 0 heterocycles. The zero-order valence-electron chi connectivity index (χ0n) is 10.5. The molecule has 0 aromatic heterocycles. The van der Waals surface area contributed by atoms with Crippen LogP contribution in [0.2, 0.25) is 0 Å². The van der Waals surface area contributed by atoms with Gasteiger partial charge in [-0.2, -0.15) is 0 Å². The van der Waals surface area contributed by atoms with Gasteiger partial charge in [0.2, 0.25) is 0 Å². The van der Waals surface area contributed by atoms with Crippen LogP contribution in [0.3, 0.4) is 0 Å². The number of hydrogen-bond donors (Lipinski definition) is 0. The van der Waals surface area contributed by atoms with Crippen molar-refractivity contribution in [3.05, 3.63) is 66.0 Å². The number of aryl methyl sites for hydroxylation is 1. The molecule has 2 nitrogen and oxygen atoms in total. The number of ether oxygens (including phenoxy) is 1. The maximum Gasteiger partial charge on any atom is 0.338 e. The van der Waals surface area contributed by atoms with Gasteiger partial charge < -0.3 is 4.74 Å². The average Bonchev–Trinajstić information content (AvgIpc) is 2.34. The van der Waals surface area contributed by atoms with E-state index in [1.807, 2.05) is 6.92 Å². The highest BCUT2D eigenvalue weighted by molar-refractivity contribution is 5.97. The fraction of sp³-hybridized carbons (Fsp3) is 0.133. The van der Waals surface area contributed by atoms with E-state index in [9.17, 15) is 9.18 Å². The van der Waals surface area contributed by atoms with Crippen LogP contribution in [-0.2, 0) is 4.74 Å². The van der Waals surface area contributed by atoms with Gasteiger partial charge in [-0.1, -0.05) is 43.0 Å². The Morgan fingerprint density at radius 3 is 2.56 bits per heavy atom. The van der Waals surface area contributed by atoms with Crippen LogP contribution in [0.5, 0.6) is 0 Å². The second kappa shape index (κ2) is 5.96. The molecule has 0 N–H and O–H groups in total. The molecule has 1 aromatic rings. The highest BCUT2D eigenvalue weighted by atomic mass is 19.1. The summed E-state index contributed by atoms with van der Waals surface area (Å²) in [6, 6.07) is 5.09. The maximum atomic E-state index is 13.5. The first-order valence-corrected chi connectivity index (χ1v) is 5.38. The lowest BCUT2D eigenvalue weighted by molar-refractivity contribution is 0.0600. The lowest BCUT2D eigenvalue weighted by atomic mass is 9.96. The zero-order valence-corrected chi connectivity index (χ0v) is 10.5. The molecular weight excluding hydrogens is 231 g/mol. The molecule has 0 saturated heterocycles. The highest BCUT2D eigenvalue weighted by Gasteiger charge is 2.16. The molecule has 3 heteroatoms. The lowest BCUT2D eigenvalue weighted by Gasteiger charge is -2.11. The van der Waals surface area contributed by atoms with Crippen molar-refractivity contribution < 1.29 is 13.9 Å². The summed E-state index contributed by atoms with van der Waals surface area (Å²) < 4.78 is 18.1. The average molecular weight is 246 g/mol. The second-order valence-corrected chi connectivity index (χ2v) is 3.76. The Morgan fingerprint density at radius 2 is 2.06 bits per heavy atom. The topological polar surface area (TPSA) is 26.3 Å². The van der Waals surface area contributed by atoms with Crippen molar-refractivity contribution in [1.29, 1.82) is 0 Å². The third-order valence-electron chi connectivity index (χ3n) is 2.45. The van der Waals surface area contributed by atoms with Crippen molar-refractivity contribution in [3.63, 3.8) is 0 Å². The number of allylic oxidation sites excluding steroid dienone is 4. The molecule has 0 atom stereocenters. The van der Waals surface area contributed by atoms with E-state index in [0.717, 1.165) is 5.56 Å². The molecule has 0 spiro atoms. The summed E-state index contributed by atoms with van der Waals surface area (Å²) in [5.41, 5.74) is 1.90. The summed E-state index contributed by atoms with van der Waals surface area (Å²) >= 11 is 0. The minimum Gasteiger partial charge on any atom is -0.465 e. The summed E-state index contributed by atoms with van der Waals surface area (Å²) in [6.45, 7) is 8.65. The minimum absolute atomic E-state index is 0.231. The van der Waals surface area contributed by atoms with E-state index in [4.69, 9.17) is 0 Å². The Hall–Kier alpha value is -2.16. The molecule has 0 radical (unpaired) electrons. The third-order valence-corrected chi connectivity index (χ3v) is 2.45. The van der Waals surface area contributed by atoms with Gasteiger partial charge in [0.1, 0.15) is 5.83 Å². The van der Waals surface area contributed by atoms with Crippen LogP contribution in [0.1, 0.15) is 21.5 Å². The molecule has 0 saturated carbocycles. The first-order chi connectivity index (χ1) is 8.51. The van der Waals surface area contributed by atoms with Crippen molar-refractivity contribution in [2.75, 3.05) is 7.11 Å². The van der Waals surface area contributed by atoms with E-state index in [-0.39, 0.29) is 5.57 Å². The molecule has 0 aliphatic rings. The molecule has 18 heavy (non-hydrogen) atoms. The van der Waals surface area contributed by atoms with Crippen LogP contribution >= 0.6 is 0 Å². The van der Waals surface area contributed by atoms with Crippen LogP contribution < -0.4 is 0 Å². The Labute approximate surface area is 106 Å². The van der Waals surface area contributed by atoms with E-state index in [0.29, 0.717) is 11.1 Å². The summed E-state index contributed by atoms with van der Waals surface area (Å²) in [7, 11) is 1.28. The van der Waals surface area contributed by atoms with Crippen LogP contribution in [0.25, 0.3) is 5.57 Å². The van der Waals surface area contributed by atoms with Gasteiger partial charge in [-0.05, 0) is 18.6 Å². The van der Waals surface area contributed by atoms with Gasteiger partial charge >= 0.3 is 5.97 Å². The molecule has 0 aliphatic heterocycles. The van der Waals surface area contributed by atoms with E-state index in [1.54, 1.807) is 18.2 Å². The van der Waals surface area contributed by atoms with Crippen molar-refractivity contribution in [1.82, 2.24) is 0 Å². The summed E-state index contributed by atoms with van der Waals surface area (Å²) in [5, 5.41) is 0. The first kappa shape index (κ1) is 13.9. The van der Waals surface area contributed by atoms with Gasteiger partial charge in [-0.3, -0.25) is 0 Å². The number of hydrogen-bond acceptors (Lipinski definition) is 2. The van der Waals surface area contributed by atoms with Gasteiger partial charge in [0.25, 0.3) is 0 Å².